The van der Waals surface area contributed by atoms with Crippen molar-refractivity contribution in [1.29, 1.82) is 0 Å². The summed E-state index contributed by atoms with van der Waals surface area (Å²) < 4.78 is 2.13. The van der Waals surface area contributed by atoms with Crippen molar-refractivity contribution in [3.8, 4) is 0 Å². The second-order valence-electron chi connectivity index (χ2n) is 2.68. The smallest absolute Gasteiger partial charge is 1.00 e. The second kappa shape index (κ2) is 3.82. The van der Waals surface area contributed by atoms with Crippen LogP contribution in [-0.2, 0) is 0 Å². The molecule has 0 saturated carbocycles. The molecule has 1 heteroatoms. The van der Waals surface area contributed by atoms with E-state index in [2.05, 4.69) is 27.7 Å². The molecule has 42 valence electrons. The summed E-state index contributed by atoms with van der Waals surface area (Å²) in [6.07, 6.45) is 0. The van der Waals surface area contributed by atoms with Crippen molar-refractivity contribution in [3.05, 3.63) is 0 Å². The van der Waals surface area contributed by atoms with Crippen molar-refractivity contribution in [2.45, 2.75) is 35.0 Å². The fourth-order valence-electron chi connectivity index (χ4n) is 0.770. The molecule has 7 heavy (non-hydrogen) atoms. The van der Waals surface area contributed by atoms with Gasteiger partial charge in [0.05, 0.1) is 0 Å². The van der Waals surface area contributed by atoms with E-state index < -0.39 is 0 Å². The third kappa shape index (κ3) is 6.87. The van der Waals surface area contributed by atoms with E-state index in [1.807, 2.05) is 0 Å². The quantitative estimate of drug-likeness (QED) is 0.645. The maximum Gasteiger partial charge on any atom is -1.00 e. The maximum atomic E-state index is 2.35. The van der Waals surface area contributed by atoms with Gasteiger partial charge in [0.1, 0.15) is 0 Å². The van der Waals surface area contributed by atoms with Gasteiger partial charge >= 0.3 is 58.0 Å². The summed E-state index contributed by atoms with van der Waals surface area (Å²) in [6.45, 7) is 9.39. The van der Waals surface area contributed by atoms with Crippen LogP contribution >= 0.6 is 0 Å². The summed E-state index contributed by atoms with van der Waals surface area (Å²) in [7, 11) is 0. The van der Waals surface area contributed by atoms with Crippen LogP contribution in [0.15, 0.2) is 0 Å². The molecule has 0 atom stereocenters. The molecule has 0 nitrogen and oxygen atoms in total. The van der Waals surface area contributed by atoms with Gasteiger partial charge in [-0.3, -0.25) is 0 Å². The minimum absolute atomic E-state index is 0. The fourth-order valence-corrected chi connectivity index (χ4v) is 5.16. The van der Waals surface area contributed by atoms with Crippen LogP contribution in [-0.4, -0.2) is 22.9 Å². The van der Waals surface area contributed by atoms with Crippen LogP contribution in [0.3, 0.4) is 0 Å². The Labute approximate surface area is 59.5 Å². The van der Waals surface area contributed by atoms with E-state index in [0.717, 1.165) is 7.35 Å². The van der Waals surface area contributed by atoms with E-state index in [-0.39, 0.29) is 24.3 Å². The second-order valence-corrected chi connectivity index (χ2v) is 11.4. The minimum Gasteiger partial charge on any atom is -1.00 e. The Bertz CT molecular complexity index is 37.8. The molecule has 0 N–H and O–H groups in total. The molecule has 0 aromatic heterocycles. The van der Waals surface area contributed by atoms with Gasteiger partial charge in [-0.05, 0) is 0 Å². The molecule has 0 unspecified atom stereocenters. The molecular formula is C6H15In. The molecule has 0 fully saturated rings. The zero-order chi connectivity index (χ0) is 5.86. The summed E-state index contributed by atoms with van der Waals surface area (Å²) in [5.41, 5.74) is 0. The van der Waals surface area contributed by atoms with Crippen molar-refractivity contribution < 1.29 is 1.43 Å². The zero-order valence-corrected chi connectivity index (χ0v) is 9.03. The van der Waals surface area contributed by atoms with E-state index in [9.17, 15) is 0 Å². The minimum atomic E-state index is -0.117. The Balaban J connectivity index is 0. The van der Waals surface area contributed by atoms with Gasteiger partial charge in [0.2, 0.25) is 0 Å². The molecule has 0 rings (SSSR count). The van der Waals surface area contributed by atoms with Crippen molar-refractivity contribution in [3.63, 3.8) is 0 Å². The van der Waals surface area contributed by atoms with Gasteiger partial charge in [0, 0.05) is 0 Å². The molecule has 0 spiro atoms. The van der Waals surface area contributed by atoms with Crippen LogP contribution in [0, 0.1) is 0 Å². The Morgan fingerprint density at radius 3 is 1.29 bits per heavy atom. The van der Waals surface area contributed by atoms with Gasteiger partial charge in [-0.15, -0.1) is 0 Å². The van der Waals surface area contributed by atoms with Crippen LogP contribution in [0.1, 0.15) is 29.1 Å². The van der Waals surface area contributed by atoms with E-state index in [4.69, 9.17) is 0 Å². The molecule has 0 bridgehead atoms. The average Bonchev–Trinajstić information content (AvgIpc) is 1.27. The first-order valence-electron chi connectivity index (χ1n) is 2.98. The van der Waals surface area contributed by atoms with Crippen LogP contribution in [0.4, 0.5) is 0 Å². The fraction of sp³-hybridized carbons (Fsp3) is 1.00. The number of hydrogen-bond donors (Lipinski definition) is 0. The van der Waals surface area contributed by atoms with E-state index in [0.29, 0.717) is 0 Å². The maximum absolute atomic E-state index is 2.35. The molecule has 0 aliphatic carbocycles. The summed E-state index contributed by atoms with van der Waals surface area (Å²) in [4.78, 5) is 0. The van der Waals surface area contributed by atoms with E-state index in [1.54, 1.807) is 0 Å². The topological polar surface area (TPSA) is 0 Å². The van der Waals surface area contributed by atoms with Crippen LogP contribution in [0.2, 0.25) is 7.35 Å². The largest absolute Gasteiger partial charge is 1.00 e. The van der Waals surface area contributed by atoms with E-state index in [1.165, 1.54) is 0 Å². The summed E-state index contributed by atoms with van der Waals surface area (Å²) in [5.74, 6) is 0. The Morgan fingerprint density at radius 1 is 1.00 bits per heavy atom. The molecule has 0 radical (unpaired) electrons. The molecule has 0 aromatic carbocycles. The third-order valence-corrected chi connectivity index (χ3v) is 5.16. The Morgan fingerprint density at radius 2 is 1.29 bits per heavy atom. The molecule has 0 amide bonds. The molecule has 0 aliphatic rings. The summed E-state index contributed by atoms with van der Waals surface area (Å²) in [6, 6.07) is 0. The average molecular weight is 202 g/mol. The van der Waals surface area contributed by atoms with Crippen molar-refractivity contribution >= 4 is 22.9 Å². The Kier molecular flexibility index (Phi) is 4.30. The third-order valence-electron chi connectivity index (χ3n) is 0.770. The van der Waals surface area contributed by atoms with Crippen molar-refractivity contribution in [2.75, 3.05) is 0 Å². The van der Waals surface area contributed by atoms with Gasteiger partial charge in [0.15, 0.2) is 0 Å². The van der Waals surface area contributed by atoms with E-state index >= 15 is 0 Å². The van der Waals surface area contributed by atoms with Crippen molar-refractivity contribution in [1.82, 2.24) is 0 Å². The monoisotopic (exact) mass is 202 g/mol. The van der Waals surface area contributed by atoms with Crippen LogP contribution in [0.25, 0.3) is 0 Å². The predicted octanol–water partition coefficient (Wildman–Crippen LogP) is 2.46. The number of hydrogen-bond acceptors (Lipinski definition) is 0. The molecule has 0 aromatic rings. The van der Waals surface area contributed by atoms with Gasteiger partial charge in [-0.1, -0.05) is 0 Å². The van der Waals surface area contributed by atoms with Crippen LogP contribution in [0.5, 0.6) is 0 Å². The van der Waals surface area contributed by atoms with Gasteiger partial charge in [0.25, 0.3) is 0 Å². The normalized spacial score (nSPS) is 10.0. The predicted molar refractivity (Wildman–Crippen MR) is 37.1 cm³/mol. The molecular weight excluding hydrogens is 187 g/mol. The standard InChI is InChI=1S/2C3H7.In.H/c2*1-3-2;;/h2*3H,1-2H3;;/q;;+1;-1. The van der Waals surface area contributed by atoms with Gasteiger partial charge in [-0.25, -0.2) is 0 Å². The summed E-state index contributed by atoms with van der Waals surface area (Å²) >= 11 is -0.117. The van der Waals surface area contributed by atoms with Crippen LogP contribution < -0.4 is 0 Å². The molecule has 0 aliphatic heterocycles. The van der Waals surface area contributed by atoms with Gasteiger partial charge < -0.3 is 1.43 Å². The first-order chi connectivity index (χ1) is 3.13. The SMILES string of the molecule is C[CH](C)[In+][CH](C)C.[H-]. The van der Waals surface area contributed by atoms with Gasteiger partial charge in [-0.2, -0.15) is 0 Å². The van der Waals surface area contributed by atoms with Crippen molar-refractivity contribution in [2.24, 2.45) is 0 Å². The molecule has 0 saturated heterocycles. The first kappa shape index (κ1) is 7.87. The number of rotatable bonds is 2. The summed E-state index contributed by atoms with van der Waals surface area (Å²) in [5, 5.41) is 0. The molecule has 0 heterocycles. The zero-order valence-electron chi connectivity index (χ0n) is 6.73. The Hall–Kier alpha value is 0.870. The first-order valence-corrected chi connectivity index (χ1v) is 6.78.